The van der Waals surface area contributed by atoms with E-state index in [9.17, 15) is 17.6 Å². The van der Waals surface area contributed by atoms with Crippen molar-refractivity contribution in [3.05, 3.63) is 99.3 Å². The van der Waals surface area contributed by atoms with Gasteiger partial charge in [-0.15, -0.1) is 0 Å². The number of nitrogens with zero attached hydrogens (tertiary/aromatic N) is 1. The van der Waals surface area contributed by atoms with E-state index < -0.39 is 15.8 Å². The lowest BCUT2D eigenvalue weighted by molar-refractivity contribution is 0.0951. The number of halogens is 3. The summed E-state index contributed by atoms with van der Waals surface area (Å²) in [5.41, 5.74) is 1.62. The molecule has 3 aromatic rings. The van der Waals surface area contributed by atoms with E-state index in [1.165, 1.54) is 42.5 Å². The molecule has 0 aliphatic rings. The van der Waals surface area contributed by atoms with Crippen LogP contribution in [-0.4, -0.2) is 20.6 Å². The molecule has 0 radical (unpaired) electrons. The second-order valence-electron chi connectivity index (χ2n) is 6.83. The molecule has 0 spiro atoms. The van der Waals surface area contributed by atoms with Gasteiger partial charge in [-0.2, -0.15) is 0 Å². The van der Waals surface area contributed by atoms with Crippen molar-refractivity contribution in [3.8, 4) is 0 Å². The molecule has 1 N–H and O–H groups in total. The van der Waals surface area contributed by atoms with Crippen LogP contribution in [0.3, 0.4) is 0 Å². The number of carbonyl (C=O) groups excluding carboxylic acids is 1. The maximum absolute atomic E-state index is 14.0. The van der Waals surface area contributed by atoms with E-state index in [1.54, 1.807) is 24.3 Å². The summed E-state index contributed by atoms with van der Waals surface area (Å²) in [7, 11) is -3.68. The highest BCUT2D eigenvalue weighted by molar-refractivity contribution is 7.92. The molecule has 0 fully saturated rings. The SMILES string of the molecule is CS(=O)(=O)N(Cc1ccccc1F)c1ccc(C(=O)NCc2ccc(Cl)cc2Cl)cc1. The molecule has 0 saturated heterocycles. The van der Waals surface area contributed by atoms with E-state index in [2.05, 4.69) is 5.32 Å². The first-order valence-electron chi connectivity index (χ1n) is 9.18. The summed E-state index contributed by atoms with van der Waals surface area (Å²) in [6.07, 6.45) is 1.05. The second kappa shape index (κ2) is 9.68. The number of benzene rings is 3. The van der Waals surface area contributed by atoms with Crippen molar-refractivity contribution in [2.45, 2.75) is 13.1 Å². The normalized spacial score (nSPS) is 11.2. The summed E-state index contributed by atoms with van der Waals surface area (Å²) in [5.74, 6) is -0.842. The molecule has 0 heterocycles. The third-order valence-corrected chi connectivity index (χ3v) is 6.27. The van der Waals surface area contributed by atoms with Gasteiger partial charge in [0.25, 0.3) is 5.91 Å². The molecular formula is C22H19Cl2FN2O3S. The fourth-order valence-corrected chi connectivity index (χ4v) is 4.26. The Labute approximate surface area is 190 Å². The van der Waals surface area contributed by atoms with Gasteiger partial charge in [-0.25, -0.2) is 12.8 Å². The van der Waals surface area contributed by atoms with E-state index in [1.807, 2.05) is 0 Å². The second-order valence-corrected chi connectivity index (χ2v) is 9.58. The van der Waals surface area contributed by atoms with Crippen molar-refractivity contribution in [1.29, 1.82) is 0 Å². The fourth-order valence-electron chi connectivity index (χ4n) is 2.90. The van der Waals surface area contributed by atoms with Gasteiger partial charge in [0.2, 0.25) is 10.0 Å². The lowest BCUT2D eigenvalue weighted by Crippen LogP contribution is -2.30. The van der Waals surface area contributed by atoms with Crippen molar-refractivity contribution in [1.82, 2.24) is 5.32 Å². The molecule has 0 aromatic heterocycles. The van der Waals surface area contributed by atoms with Crippen LogP contribution in [0.4, 0.5) is 10.1 Å². The maximum atomic E-state index is 14.0. The summed E-state index contributed by atoms with van der Waals surface area (Å²) in [4.78, 5) is 12.4. The average molecular weight is 481 g/mol. The first kappa shape index (κ1) is 23.1. The quantitative estimate of drug-likeness (QED) is 0.515. The highest BCUT2D eigenvalue weighted by Gasteiger charge is 2.20. The number of sulfonamides is 1. The van der Waals surface area contributed by atoms with Crippen LogP contribution in [0, 0.1) is 5.82 Å². The number of anilines is 1. The predicted molar refractivity (Wildman–Crippen MR) is 122 cm³/mol. The molecule has 3 aromatic carbocycles. The molecule has 5 nitrogen and oxygen atoms in total. The Morgan fingerprint density at radius 1 is 1.00 bits per heavy atom. The monoisotopic (exact) mass is 480 g/mol. The first-order chi connectivity index (χ1) is 14.6. The molecule has 1 amide bonds. The van der Waals surface area contributed by atoms with Crippen molar-refractivity contribution in [2.75, 3.05) is 10.6 Å². The summed E-state index contributed by atoms with van der Waals surface area (Å²) >= 11 is 12.0. The Morgan fingerprint density at radius 2 is 1.68 bits per heavy atom. The Balaban J connectivity index is 1.75. The summed E-state index contributed by atoms with van der Waals surface area (Å²) in [6.45, 7) is 0.0471. The van der Waals surface area contributed by atoms with Crippen LogP contribution in [-0.2, 0) is 23.1 Å². The number of amides is 1. The van der Waals surface area contributed by atoms with Crippen molar-refractivity contribution in [3.63, 3.8) is 0 Å². The van der Waals surface area contributed by atoms with Gasteiger partial charge < -0.3 is 5.32 Å². The predicted octanol–water partition coefficient (Wildman–Crippen LogP) is 5.03. The van der Waals surface area contributed by atoms with E-state index >= 15 is 0 Å². The molecule has 0 atom stereocenters. The molecule has 0 saturated carbocycles. The van der Waals surface area contributed by atoms with Crippen molar-refractivity contribution >= 4 is 44.8 Å². The maximum Gasteiger partial charge on any atom is 0.251 e. The molecule has 0 unspecified atom stereocenters. The minimum atomic E-state index is -3.68. The third-order valence-electron chi connectivity index (χ3n) is 4.54. The highest BCUT2D eigenvalue weighted by atomic mass is 35.5. The third kappa shape index (κ3) is 5.97. The highest BCUT2D eigenvalue weighted by Crippen LogP contribution is 2.23. The van der Waals surface area contributed by atoms with Crippen LogP contribution in [0.15, 0.2) is 66.7 Å². The van der Waals surface area contributed by atoms with Gasteiger partial charge in [0.1, 0.15) is 5.82 Å². The molecule has 31 heavy (non-hydrogen) atoms. The zero-order valence-corrected chi connectivity index (χ0v) is 18.8. The van der Waals surface area contributed by atoms with Gasteiger partial charge in [0, 0.05) is 27.7 Å². The first-order valence-corrected chi connectivity index (χ1v) is 11.8. The van der Waals surface area contributed by atoms with Crippen LogP contribution < -0.4 is 9.62 Å². The summed E-state index contributed by atoms with van der Waals surface area (Å²) in [6, 6.07) is 17.0. The van der Waals surface area contributed by atoms with Crippen LogP contribution in [0.1, 0.15) is 21.5 Å². The Kier molecular flexibility index (Phi) is 7.20. The smallest absolute Gasteiger partial charge is 0.251 e. The van der Waals surface area contributed by atoms with Gasteiger partial charge in [-0.1, -0.05) is 47.5 Å². The van der Waals surface area contributed by atoms with Gasteiger partial charge in [0.05, 0.1) is 18.5 Å². The molecule has 3 rings (SSSR count). The largest absolute Gasteiger partial charge is 0.348 e. The molecule has 9 heteroatoms. The minimum Gasteiger partial charge on any atom is -0.348 e. The zero-order chi connectivity index (χ0) is 22.6. The molecule has 0 aliphatic carbocycles. The lowest BCUT2D eigenvalue weighted by atomic mass is 10.1. The molecule has 0 aliphatic heterocycles. The summed E-state index contributed by atoms with van der Waals surface area (Å²) in [5, 5.41) is 3.70. The van der Waals surface area contributed by atoms with Crippen LogP contribution >= 0.6 is 23.2 Å². The zero-order valence-electron chi connectivity index (χ0n) is 16.5. The van der Waals surface area contributed by atoms with Crippen LogP contribution in [0.5, 0.6) is 0 Å². The van der Waals surface area contributed by atoms with E-state index in [0.717, 1.165) is 10.6 Å². The summed E-state index contributed by atoms with van der Waals surface area (Å²) < 4.78 is 39.7. The van der Waals surface area contributed by atoms with Gasteiger partial charge in [-0.05, 0) is 48.0 Å². The van der Waals surface area contributed by atoms with E-state index in [4.69, 9.17) is 23.2 Å². The molecule has 0 bridgehead atoms. The molecular weight excluding hydrogens is 462 g/mol. The topological polar surface area (TPSA) is 66.5 Å². The lowest BCUT2D eigenvalue weighted by Gasteiger charge is -2.23. The van der Waals surface area contributed by atoms with Crippen molar-refractivity contribution in [2.24, 2.45) is 0 Å². The fraction of sp³-hybridized carbons (Fsp3) is 0.136. The van der Waals surface area contributed by atoms with E-state index in [-0.39, 0.29) is 24.6 Å². The Morgan fingerprint density at radius 3 is 2.29 bits per heavy atom. The average Bonchev–Trinajstić information content (AvgIpc) is 2.71. The minimum absolute atomic E-state index is 0.161. The standard InChI is InChI=1S/C22H19Cl2FN2O3S/c1-31(29,30)27(14-17-4-2-3-5-21(17)25)19-10-7-15(8-11-19)22(28)26-13-16-6-9-18(23)12-20(16)24/h2-12H,13-14H2,1H3,(H,26,28). The number of carbonyl (C=O) groups is 1. The van der Waals surface area contributed by atoms with E-state index in [0.29, 0.717) is 26.9 Å². The number of hydrogen-bond donors (Lipinski definition) is 1. The van der Waals surface area contributed by atoms with Crippen LogP contribution in [0.25, 0.3) is 0 Å². The molecule has 162 valence electrons. The van der Waals surface area contributed by atoms with Crippen molar-refractivity contribution < 1.29 is 17.6 Å². The van der Waals surface area contributed by atoms with Gasteiger partial charge in [0.15, 0.2) is 0 Å². The number of nitrogens with one attached hydrogen (secondary N) is 1. The van der Waals surface area contributed by atoms with Gasteiger partial charge >= 0.3 is 0 Å². The number of hydrogen-bond acceptors (Lipinski definition) is 3. The Bertz CT molecular complexity index is 1200. The van der Waals surface area contributed by atoms with Crippen LogP contribution in [0.2, 0.25) is 10.0 Å². The Hall–Kier alpha value is -2.61. The van der Waals surface area contributed by atoms with Gasteiger partial charge in [-0.3, -0.25) is 9.10 Å². The number of rotatable bonds is 7.